The van der Waals surface area contributed by atoms with E-state index in [1.807, 2.05) is 26.0 Å². The number of benzene rings is 1. The molecular formula is C12H15BO3. The van der Waals surface area contributed by atoms with Crippen LogP contribution in [0.3, 0.4) is 0 Å². The van der Waals surface area contributed by atoms with Crippen LogP contribution >= 0.6 is 0 Å². The SMILES string of the molecule is Bc1ccc(OC)cc1C1CC1(C=O)CO. The van der Waals surface area contributed by atoms with E-state index in [0.29, 0.717) is 0 Å². The number of aliphatic hydroxyl groups is 1. The normalized spacial score (nSPS) is 27.5. The zero-order chi connectivity index (χ0) is 11.8. The van der Waals surface area contributed by atoms with Crippen LogP contribution < -0.4 is 10.2 Å². The van der Waals surface area contributed by atoms with Crippen LogP contribution in [0.1, 0.15) is 17.9 Å². The molecule has 0 aromatic heterocycles. The fraction of sp³-hybridized carbons (Fsp3) is 0.417. The highest BCUT2D eigenvalue weighted by atomic mass is 16.5. The number of aldehydes is 1. The van der Waals surface area contributed by atoms with E-state index in [2.05, 4.69) is 0 Å². The van der Waals surface area contributed by atoms with Crippen LogP contribution in [0.25, 0.3) is 0 Å². The van der Waals surface area contributed by atoms with Crippen LogP contribution in [0.15, 0.2) is 18.2 Å². The summed E-state index contributed by atoms with van der Waals surface area (Å²) < 4.78 is 5.17. The number of methoxy groups -OCH3 is 1. The second kappa shape index (κ2) is 3.94. The molecule has 4 heteroatoms. The fourth-order valence-corrected chi connectivity index (χ4v) is 2.20. The molecule has 3 nitrogen and oxygen atoms in total. The van der Waals surface area contributed by atoms with Crippen molar-refractivity contribution in [2.45, 2.75) is 12.3 Å². The molecule has 0 bridgehead atoms. The third-order valence-corrected chi connectivity index (χ3v) is 3.51. The Morgan fingerprint density at radius 1 is 1.69 bits per heavy atom. The lowest BCUT2D eigenvalue weighted by atomic mass is 9.86. The lowest BCUT2D eigenvalue weighted by molar-refractivity contribution is -0.113. The minimum atomic E-state index is -0.545. The van der Waals surface area contributed by atoms with Gasteiger partial charge in [-0.25, -0.2) is 0 Å². The first kappa shape index (κ1) is 11.2. The average molecular weight is 218 g/mol. The Kier molecular flexibility index (Phi) is 2.76. The van der Waals surface area contributed by atoms with E-state index in [1.54, 1.807) is 7.11 Å². The van der Waals surface area contributed by atoms with Crippen molar-refractivity contribution in [1.82, 2.24) is 0 Å². The first-order valence-corrected chi connectivity index (χ1v) is 5.38. The standard InChI is InChI=1S/C12H15BO3/c1-16-8-2-3-11(13)9(4-8)10-5-12(10,6-14)7-15/h2-4,6,10,15H,5,7,13H2,1H3. The van der Waals surface area contributed by atoms with E-state index in [-0.39, 0.29) is 12.5 Å². The minimum Gasteiger partial charge on any atom is -0.497 e. The highest BCUT2D eigenvalue weighted by molar-refractivity contribution is 6.33. The summed E-state index contributed by atoms with van der Waals surface area (Å²) in [7, 11) is 3.64. The van der Waals surface area contributed by atoms with Gasteiger partial charge in [-0.3, -0.25) is 0 Å². The molecule has 1 aromatic carbocycles. The van der Waals surface area contributed by atoms with Crippen molar-refractivity contribution in [3.8, 4) is 5.75 Å². The van der Waals surface area contributed by atoms with Gasteiger partial charge in [-0.2, -0.15) is 0 Å². The Labute approximate surface area is 95.8 Å². The Hall–Kier alpha value is -1.29. The zero-order valence-corrected chi connectivity index (χ0v) is 9.56. The van der Waals surface area contributed by atoms with Crippen LogP contribution in [-0.2, 0) is 4.79 Å². The van der Waals surface area contributed by atoms with Crippen molar-refractivity contribution in [3.05, 3.63) is 23.8 Å². The highest BCUT2D eigenvalue weighted by Gasteiger charge is 2.55. The molecule has 1 saturated carbocycles. The second-order valence-corrected chi connectivity index (χ2v) is 4.49. The van der Waals surface area contributed by atoms with E-state index < -0.39 is 5.41 Å². The number of rotatable bonds is 4. The molecule has 2 atom stereocenters. The van der Waals surface area contributed by atoms with E-state index >= 15 is 0 Å². The lowest BCUT2D eigenvalue weighted by Gasteiger charge is -2.10. The van der Waals surface area contributed by atoms with Gasteiger partial charge in [0.1, 0.15) is 19.9 Å². The molecule has 0 amide bonds. The molecule has 0 aliphatic heterocycles. The quantitative estimate of drug-likeness (QED) is 0.553. The molecule has 1 aliphatic rings. The zero-order valence-electron chi connectivity index (χ0n) is 9.56. The molecule has 1 aliphatic carbocycles. The average Bonchev–Trinajstić information content (AvgIpc) is 3.05. The molecule has 0 spiro atoms. The van der Waals surface area contributed by atoms with Gasteiger partial charge in [0.2, 0.25) is 0 Å². The molecule has 1 fully saturated rings. The molecule has 2 rings (SSSR count). The second-order valence-electron chi connectivity index (χ2n) is 4.49. The molecule has 0 saturated heterocycles. The molecule has 0 radical (unpaired) electrons. The maximum absolute atomic E-state index is 11.0. The smallest absolute Gasteiger partial charge is 0.139 e. The van der Waals surface area contributed by atoms with Crippen LogP contribution in [0, 0.1) is 5.41 Å². The maximum Gasteiger partial charge on any atom is 0.139 e. The number of ether oxygens (including phenoxy) is 1. The summed E-state index contributed by atoms with van der Waals surface area (Å²) in [6.45, 7) is -0.0716. The lowest BCUT2D eigenvalue weighted by Crippen LogP contribution is -2.16. The summed E-state index contributed by atoms with van der Waals surface area (Å²) in [4.78, 5) is 11.0. The van der Waals surface area contributed by atoms with Crippen LogP contribution in [-0.4, -0.2) is 33.0 Å². The Morgan fingerprint density at radius 3 is 2.94 bits per heavy atom. The number of hydrogen-bond donors (Lipinski definition) is 1. The van der Waals surface area contributed by atoms with Crippen LogP contribution in [0.4, 0.5) is 0 Å². The van der Waals surface area contributed by atoms with E-state index in [0.717, 1.165) is 29.5 Å². The third-order valence-electron chi connectivity index (χ3n) is 3.51. The largest absolute Gasteiger partial charge is 0.497 e. The molecule has 0 heterocycles. The number of carbonyl (C=O) groups excluding carboxylic acids is 1. The van der Waals surface area contributed by atoms with Crippen molar-refractivity contribution in [2.75, 3.05) is 13.7 Å². The minimum absolute atomic E-state index is 0.0716. The monoisotopic (exact) mass is 218 g/mol. The molecule has 2 unspecified atom stereocenters. The van der Waals surface area contributed by atoms with Gasteiger partial charge in [-0.05, 0) is 30.0 Å². The van der Waals surface area contributed by atoms with Crippen molar-refractivity contribution in [2.24, 2.45) is 5.41 Å². The van der Waals surface area contributed by atoms with Gasteiger partial charge in [0.15, 0.2) is 0 Å². The van der Waals surface area contributed by atoms with Crippen LogP contribution in [0.5, 0.6) is 5.75 Å². The van der Waals surface area contributed by atoms with Gasteiger partial charge in [0.25, 0.3) is 0 Å². The Morgan fingerprint density at radius 2 is 2.44 bits per heavy atom. The predicted octanol–water partition coefficient (Wildman–Crippen LogP) is -0.382. The molecule has 16 heavy (non-hydrogen) atoms. The predicted molar refractivity (Wildman–Crippen MR) is 64.1 cm³/mol. The van der Waals surface area contributed by atoms with Gasteiger partial charge in [0.05, 0.1) is 19.1 Å². The highest BCUT2D eigenvalue weighted by Crippen LogP contribution is 2.57. The summed E-state index contributed by atoms with van der Waals surface area (Å²) in [6, 6.07) is 5.85. The van der Waals surface area contributed by atoms with E-state index in [9.17, 15) is 9.90 Å². The fourth-order valence-electron chi connectivity index (χ4n) is 2.20. The van der Waals surface area contributed by atoms with Crippen LogP contribution in [0.2, 0.25) is 0 Å². The van der Waals surface area contributed by atoms with E-state index in [4.69, 9.17) is 4.74 Å². The van der Waals surface area contributed by atoms with Crippen molar-refractivity contribution >= 4 is 19.6 Å². The van der Waals surface area contributed by atoms with Gasteiger partial charge >= 0.3 is 0 Å². The van der Waals surface area contributed by atoms with Gasteiger partial charge < -0.3 is 14.6 Å². The summed E-state index contributed by atoms with van der Waals surface area (Å²) in [6.07, 6.45) is 1.62. The Balaban J connectivity index is 2.32. The summed E-state index contributed by atoms with van der Waals surface area (Å²) in [5, 5.41) is 9.24. The van der Waals surface area contributed by atoms with Gasteiger partial charge in [-0.1, -0.05) is 11.5 Å². The van der Waals surface area contributed by atoms with Crippen molar-refractivity contribution in [3.63, 3.8) is 0 Å². The Bertz CT molecular complexity index is 419. The van der Waals surface area contributed by atoms with Crippen molar-refractivity contribution in [1.29, 1.82) is 0 Å². The molecule has 1 aromatic rings. The first-order chi connectivity index (χ1) is 7.66. The molecule has 1 N–H and O–H groups in total. The number of carbonyl (C=O) groups is 1. The first-order valence-electron chi connectivity index (χ1n) is 5.38. The summed E-state index contributed by atoms with van der Waals surface area (Å²) in [5.74, 6) is 0.940. The number of hydrogen-bond acceptors (Lipinski definition) is 3. The molecular weight excluding hydrogens is 203 g/mol. The van der Waals surface area contributed by atoms with Gasteiger partial charge in [-0.15, -0.1) is 0 Å². The topological polar surface area (TPSA) is 46.5 Å². The summed E-state index contributed by atoms with van der Waals surface area (Å²) >= 11 is 0. The number of aliphatic hydroxyl groups excluding tert-OH is 1. The van der Waals surface area contributed by atoms with Gasteiger partial charge in [0, 0.05) is 0 Å². The maximum atomic E-state index is 11.0. The van der Waals surface area contributed by atoms with Crippen molar-refractivity contribution < 1.29 is 14.6 Å². The third kappa shape index (κ3) is 1.63. The summed E-state index contributed by atoms with van der Waals surface area (Å²) in [5.41, 5.74) is 1.71. The molecule has 84 valence electrons. The van der Waals surface area contributed by atoms with E-state index in [1.165, 1.54) is 0 Å².